The Balaban J connectivity index is 1.85. The van der Waals surface area contributed by atoms with E-state index in [1.165, 1.54) is 0 Å². The summed E-state index contributed by atoms with van der Waals surface area (Å²) in [6, 6.07) is 7.09. The van der Waals surface area contributed by atoms with Gasteiger partial charge in [0.25, 0.3) is 10.0 Å². The van der Waals surface area contributed by atoms with E-state index in [1.807, 2.05) is 12.1 Å². The van der Waals surface area contributed by atoms with E-state index in [4.69, 9.17) is 0 Å². The number of amidine groups is 1. The molecular formula is C14H18BrN3O2S. The number of hydrogen-bond donors (Lipinski definition) is 0. The van der Waals surface area contributed by atoms with E-state index < -0.39 is 10.0 Å². The van der Waals surface area contributed by atoms with Crippen LogP contribution in [0.2, 0.25) is 0 Å². The molecule has 0 aromatic heterocycles. The topological polar surface area (TPSA) is 53.0 Å². The van der Waals surface area contributed by atoms with Crippen LogP contribution in [0, 0.1) is 0 Å². The minimum absolute atomic E-state index is 0.335. The van der Waals surface area contributed by atoms with E-state index in [1.54, 1.807) is 12.1 Å². The molecule has 0 amide bonds. The Labute approximate surface area is 133 Å². The highest BCUT2D eigenvalue weighted by Gasteiger charge is 2.32. The molecule has 114 valence electrons. The first-order valence-corrected chi connectivity index (χ1v) is 9.65. The molecule has 2 heterocycles. The van der Waals surface area contributed by atoms with Gasteiger partial charge in [0.2, 0.25) is 0 Å². The SMILES string of the molecule is O=S1(=O)N=C(N2CCCN(CCBr)CC2)c2ccccc21. The first-order valence-electron chi connectivity index (χ1n) is 7.09. The average Bonchev–Trinajstić information content (AvgIpc) is 2.64. The van der Waals surface area contributed by atoms with Gasteiger partial charge in [-0.25, -0.2) is 0 Å². The van der Waals surface area contributed by atoms with Crippen molar-refractivity contribution in [3.63, 3.8) is 0 Å². The largest absolute Gasteiger partial charge is 0.354 e. The summed E-state index contributed by atoms with van der Waals surface area (Å²) >= 11 is 3.47. The molecule has 21 heavy (non-hydrogen) atoms. The van der Waals surface area contributed by atoms with Crippen molar-refractivity contribution in [3.8, 4) is 0 Å². The molecule has 0 N–H and O–H groups in total. The molecule has 0 atom stereocenters. The lowest BCUT2D eigenvalue weighted by molar-refractivity contribution is 0.304. The van der Waals surface area contributed by atoms with Crippen LogP contribution in [0.15, 0.2) is 33.6 Å². The summed E-state index contributed by atoms with van der Waals surface area (Å²) in [5.41, 5.74) is 0.742. The maximum Gasteiger partial charge on any atom is 0.285 e. The van der Waals surface area contributed by atoms with Crippen LogP contribution in [-0.4, -0.2) is 62.1 Å². The van der Waals surface area contributed by atoms with Crippen molar-refractivity contribution in [1.29, 1.82) is 0 Å². The Morgan fingerprint density at radius 2 is 1.95 bits per heavy atom. The quantitative estimate of drug-likeness (QED) is 0.739. The van der Waals surface area contributed by atoms with E-state index >= 15 is 0 Å². The summed E-state index contributed by atoms with van der Waals surface area (Å²) in [5, 5.41) is 0.963. The second kappa shape index (κ2) is 6.06. The molecule has 0 bridgehead atoms. The van der Waals surface area contributed by atoms with Crippen LogP contribution < -0.4 is 0 Å². The van der Waals surface area contributed by atoms with Gasteiger partial charge in [0.15, 0.2) is 5.84 Å². The van der Waals surface area contributed by atoms with Crippen LogP contribution >= 0.6 is 15.9 Å². The summed E-state index contributed by atoms with van der Waals surface area (Å²) < 4.78 is 28.3. The van der Waals surface area contributed by atoms with Crippen molar-refractivity contribution in [1.82, 2.24) is 9.80 Å². The van der Waals surface area contributed by atoms with Gasteiger partial charge in [-0.2, -0.15) is 8.42 Å². The zero-order valence-corrected chi connectivity index (χ0v) is 14.1. The number of fused-ring (bicyclic) bond motifs is 1. The Bertz CT molecular complexity index is 660. The minimum atomic E-state index is -3.51. The molecule has 0 saturated carbocycles. The molecule has 1 saturated heterocycles. The van der Waals surface area contributed by atoms with Crippen LogP contribution in [0.1, 0.15) is 12.0 Å². The molecule has 1 fully saturated rings. The lowest BCUT2D eigenvalue weighted by Gasteiger charge is -2.23. The van der Waals surface area contributed by atoms with Crippen LogP contribution in [0.25, 0.3) is 0 Å². The van der Waals surface area contributed by atoms with E-state index in [-0.39, 0.29) is 0 Å². The van der Waals surface area contributed by atoms with E-state index in [9.17, 15) is 8.42 Å². The fourth-order valence-electron chi connectivity index (χ4n) is 2.84. The Morgan fingerprint density at radius 3 is 2.76 bits per heavy atom. The summed E-state index contributed by atoms with van der Waals surface area (Å²) in [6.45, 7) is 4.67. The monoisotopic (exact) mass is 371 g/mol. The number of hydrogen-bond acceptors (Lipinski definition) is 4. The molecular weight excluding hydrogens is 354 g/mol. The molecule has 0 radical (unpaired) electrons. The van der Waals surface area contributed by atoms with Gasteiger partial charge in [-0.15, -0.1) is 4.40 Å². The average molecular weight is 372 g/mol. The third-order valence-corrected chi connectivity index (χ3v) is 5.58. The molecule has 7 heteroatoms. The Kier molecular flexibility index (Phi) is 4.33. The van der Waals surface area contributed by atoms with Gasteiger partial charge < -0.3 is 9.80 Å². The van der Waals surface area contributed by atoms with Crippen molar-refractivity contribution < 1.29 is 8.42 Å². The number of nitrogens with zero attached hydrogens (tertiary/aromatic N) is 3. The Hall–Kier alpha value is -0.920. The zero-order valence-electron chi connectivity index (χ0n) is 11.7. The maximum atomic E-state index is 12.1. The van der Waals surface area contributed by atoms with Crippen LogP contribution in [-0.2, 0) is 10.0 Å². The fraction of sp³-hybridized carbons (Fsp3) is 0.500. The third-order valence-electron chi connectivity index (χ3n) is 3.90. The van der Waals surface area contributed by atoms with Crippen LogP contribution in [0.4, 0.5) is 0 Å². The minimum Gasteiger partial charge on any atom is -0.354 e. The smallest absolute Gasteiger partial charge is 0.285 e. The number of halogens is 1. The van der Waals surface area contributed by atoms with Crippen molar-refractivity contribution in [3.05, 3.63) is 29.8 Å². The predicted molar refractivity (Wildman–Crippen MR) is 86.6 cm³/mol. The van der Waals surface area contributed by atoms with Gasteiger partial charge in [-0.3, -0.25) is 0 Å². The highest BCUT2D eigenvalue weighted by molar-refractivity contribution is 9.09. The van der Waals surface area contributed by atoms with Crippen molar-refractivity contribution in [2.45, 2.75) is 11.3 Å². The molecule has 5 nitrogen and oxygen atoms in total. The molecule has 2 aliphatic heterocycles. The predicted octanol–water partition coefficient (Wildman–Crippen LogP) is 1.54. The molecule has 0 spiro atoms. The van der Waals surface area contributed by atoms with Gasteiger partial charge in [0.05, 0.1) is 0 Å². The second-order valence-electron chi connectivity index (χ2n) is 5.26. The van der Waals surface area contributed by atoms with Gasteiger partial charge in [0.1, 0.15) is 4.90 Å². The fourth-order valence-corrected chi connectivity index (χ4v) is 4.57. The van der Waals surface area contributed by atoms with Crippen LogP contribution in [0.5, 0.6) is 0 Å². The molecule has 0 unspecified atom stereocenters. The lowest BCUT2D eigenvalue weighted by atomic mass is 10.2. The van der Waals surface area contributed by atoms with Gasteiger partial charge in [0, 0.05) is 37.1 Å². The number of benzene rings is 1. The molecule has 2 aliphatic rings. The first-order chi connectivity index (χ1) is 10.1. The first kappa shape index (κ1) is 15.0. The molecule has 0 aliphatic carbocycles. The zero-order chi connectivity index (χ0) is 14.9. The van der Waals surface area contributed by atoms with Crippen molar-refractivity contribution >= 4 is 31.8 Å². The van der Waals surface area contributed by atoms with Crippen molar-refractivity contribution in [2.24, 2.45) is 4.40 Å². The summed E-state index contributed by atoms with van der Waals surface area (Å²) in [6.07, 6.45) is 1.02. The van der Waals surface area contributed by atoms with Gasteiger partial charge in [-0.1, -0.05) is 28.1 Å². The number of alkyl halides is 1. The van der Waals surface area contributed by atoms with E-state index in [2.05, 4.69) is 30.1 Å². The molecule has 1 aromatic rings. The molecule has 1 aromatic carbocycles. The molecule has 3 rings (SSSR count). The van der Waals surface area contributed by atoms with Gasteiger partial charge in [-0.05, 0) is 25.1 Å². The number of sulfonamides is 1. The Morgan fingerprint density at radius 1 is 1.14 bits per heavy atom. The number of rotatable bonds is 2. The van der Waals surface area contributed by atoms with Crippen molar-refractivity contribution in [2.75, 3.05) is 38.1 Å². The standard InChI is InChI=1S/C14H18BrN3O2S/c15-6-9-17-7-3-8-18(11-10-17)14-12-4-1-2-5-13(12)21(19,20)16-14/h1-2,4-5H,3,6-11H2. The highest BCUT2D eigenvalue weighted by atomic mass is 79.9. The lowest BCUT2D eigenvalue weighted by Crippen LogP contribution is -2.35. The summed E-state index contributed by atoms with van der Waals surface area (Å²) in [4.78, 5) is 4.84. The van der Waals surface area contributed by atoms with Crippen LogP contribution in [0.3, 0.4) is 0 Å². The normalized spacial score (nSPS) is 21.8. The highest BCUT2D eigenvalue weighted by Crippen LogP contribution is 2.27. The third kappa shape index (κ3) is 3.00. The summed E-state index contributed by atoms with van der Waals surface area (Å²) in [7, 11) is -3.51. The van der Waals surface area contributed by atoms with E-state index in [0.29, 0.717) is 10.7 Å². The van der Waals surface area contributed by atoms with E-state index in [0.717, 1.165) is 50.0 Å². The maximum absolute atomic E-state index is 12.1. The summed E-state index contributed by atoms with van der Waals surface area (Å²) in [5.74, 6) is 0.617. The van der Waals surface area contributed by atoms with Gasteiger partial charge >= 0.3 is 0 Å². The second-order valence-corrected chi connectivity index (χ2v) is 7.62.